The van der Waals surface area contributed by atoms with Gasteiger partial charge in [-0.2, -0.15) is 5.26 Å². The summed E-state index contributed by atoms with van der Waals surface area (Å²) in [6, 6.07) is 2.87. The molecule has 6 heteroatoms. The second kappa shape index (κ2) is 7.12. The second-order valence-corrected chi connectivity index (χ2v) is 8.07. The molecule has 0 saturated carbocycles. The number of nitriles is 1. The summed E-state index contributed by atoms with van der Waals surface area (Å²) in [7, 11) is 4.02. The second-order valence-electron chi connectivity index (χ2n) is 6.97. The zero-order chi connectivity index (χ0) is 17.3. The van der Waals surface area contributed by atoms with Crippen molar-refractivity contribution in [2.75, 3.05) is 32.5 Å². The average molecular weight is 347 g/mol. The van der Waals surface area contributed by atoms with E-state index in [1.807, 2.05) is 7.05 Å². The molecule has 1 aliphatic carbocycles. The first kappa shape index (κ1) is 17.2. The van der Waals surface area contributed by atoms with Gasteiger partial charge in [0.05, 0.1) is 11.5 Å². The van der Waals surface area contributed by atoms with Crippen LogP contribution in [0.1, 0.15) is 35.8 Å². The highest BCUT2D eigenvalue weighted by Crippen LogP contribution is 2.43. The maximum absolute atomic E-state index is 12.4. The lowest BCUT2D eigenvalue weighted by Crippen LogP contribution is -2.53. The number of carbonyl (C=O) groups is 1. The Kier molecular flexibility index (Phi) is 5.12. The number of fused-ring (bicyclic) bond motifs is 2. The van der Waals surface area contributed by atoms with Gasteiger partial charge in [0.15, 0.2) is 0 Å². The van der Waals surface area contributed by atoms with Crippen LogP contribution in [0.25, 0.3) is 0 Å². The fraction of sp³-hybridized carbons (Fsp3) is 0.667. The maximum Gasteiger partial charge on any atom is 0.224 e. The Hall–Kier alpha value is -1.58. The van der Waals surface area contributed by atoms with Crippen LogP contribution >= 0.6 is 11.3 Å². The minimum absolute atomic E-state index is 0.0669. The highest BCUT2D eigenvalue weighted by Gasteiger charge is 2.41. The van der Waals surface area contributed by atoms with Crippen molar-refractivity contribution in [3.63, 3.8) is 0 Å². The summed E-state index contributed by atoms with van der Waals surface area (Å²) in [6.45, 7) is 3.67. The molecule has 5 nitrogen and oxygen atoms in total. The average Bonchev–Trinajstić information content (AvgIpc) is 2.94. The molecule has 2 aliphatic rings. The number of hydrogen-bond acceptors (Lipinski definition) is 5. The van der Waals surface area contributed by atoms with E-state index < -0.39 is 0 Å². The molecule has 1 amide bonds. The molecular formula is C18H26N4OS. The molecule has 2 N–H and O–H groups in total. The Bertz CT molecular complexity index is 663. The number of likely N-dealkylation sites (N-methyl/N-ethyl adjacent to an activating group) is 1. The molecule has 1 saturated heterocycles. The Balaban J connectivity index is 1.80. The van der Waals surface area contributed by atoms with E-state index in [0.29, 0.717) is 12.0 Å². The van der Waals surface area contributed by atoms with Crippen LogP contribution in [0.2, 0.25) is 0 Å². The molecule has 24 heavy (non-hydrogen) atoms. The number of piperidine rings is 1. The lowest BCUT2D eigenvalue weighted by atomic mass is 9.74. The third-order valence-electron chi connectivity index (χ3n) is 5.42. The SMILES string of the molecule is CCCNC(=O)C1CC2Cc3c(sc(NC)c3C#N)CC2N(C)C1. The number of rotatable bonds is 4. The van der Waals surface area contributed by atoms with Crippen molar-refractivity contribution in [3.05, 3.63) is 16.0 Å². The topological polar surface area (TPSA) is 68.2 Å². The standard InChI is InChI=1S/C18H26N4OS/c1-4-5-21-17(23)12-6-11-7-13-14(9-19)18(20-2)24-16(13)8-15(11)22(3)10-12/h11-12,15,20H,4-8,10H2,1-3H3,(H,21,23). The summed E-state index contributed by atoms with van der Waals surface area (Å²) in [5.74, 6) is 0.715. The van der Waals surface area contributed by atoms with Gasteiger partial charge in [-0.3, -0.25) is 4.79 Å². The van der Waals surface area contributed by atoms with Gasteiger partial charge in [-0.05, 0) is 44.2 Å². The van der Waals surface area contributed by atoms with Crippen LogP contribution in [0, 0.1) is 23.2 Å². The van der Waals surface area contributed by atoms with E-state index in [9.17, 15) is 10.1 Å². The Morgan fingerprint density at radius 1 is 1.46 bits per heavy atom. The third-order valence-corrected chi connectivity index (χ3v) is 6.69. The third kappa shape index (κ3) is 3.03. The van der Waals surface area contributed by atoms with E-state index in [2.05, 4.69) is 35.6 Å². The van der Waals surface area contributed by atoms with Gasteiger partial charge in [0, 0.05) is 31.1 Å². The van der Waals surface area contributed by atoms with Crippen LogP contribution in [0.5, 0.6) is 0 Å². The van der Waals surface area contributed by atoms with Crippen molar-refractivity contribution in [2.24, 2.45) is 11.8 Å². The van der Waals surface area contributed by atoms with Gasteiger partial charge in [0.25, 0.3) is 0 Å². The molecule has 1 aromatic heterocycles. The molecular weight excluding hydrogens is 320 g/mol. The molecule has 0 spiro atoms. The van der Waals surface area contributed by atoms with Crippen LogP contribution in [0.15, 0.2) is 0 Å². The molecule has 3 unspecified atom stereocenters. The maximum atomic E-state index is 12.4. The van der Waals surface area contributed by atoms with Crippen LogP contribution in [-0.2, 0) is 17.6 Å². The van der Waals surface area contributed by atoms with Crippen LogP contribution in [-0.4, -0.2) is 44.0 Å². The predicted molar refractivity (Wildman–Crippen MR) is 97.3 cm³/mol. The van der Waals surface area contributed by atoms with E-state index in [1.165, 1.54) is 10.4 Å². The Labute approximate surface area is 148 Å². The summed E-state index contributed by atoms with van der Waals surface area (Å²) in [6.07, 6.45) is 3.82. The molecule has 3 atom stereocenters. The lowest BCUT2D eigenvalue weighted by Gasteiger charge is -2.45. The number of nitrogens with one attached hydrogen (secondary N) is 2. The molecule has 1 fully saturated rings. The van der Waals surface area contributed by atoms with Gasteiger partial charge in [-0.15, -0.1) is 11.3 Å². The van der Waals surface area contributed by atoms with Gasteiger partial charge >= 0.3 is 0 Å². The Morgan fingerprint density at radius 3 is 2.92 bits per heavy atom. The highest BCUT2D eigenvalue weighted by molar-refractivity contribution is 7.16. The number of amides is 1. The normalized spacial score (nSPS) is 26.2. The van der Waals surface area contributed by atoms with E-state index in [0.717, 1.165) is 49.3 Å². The zero-order valence-corrected chi connectivity index (χ0v) is 15.5. The molecule has 0 bridgehead atoms. The summed E-state index contributed by atoms with van der Waals surface area (Å²) >= 11 is 1.72. The van der Waals surface area contributed by atoms with Crippen molar-refractivity contribution in [2.45, 2.75) is 38.6 Å². The van der Waals surface area contributed by atoms with Gasteiger partial charge in [0.2, 0.25) is 5.91 Å². The van der Waals surface area contributed by atoms with E-state index >= 15 is 0 Å². The highest BCUT2D eigenvalue weighted by atomic mass is 32.1. The zero-order valence-electron chi connectivity index (χ0n) is 14.7. The predicted octanol–water partition coefficient (Wildman–Crippen LogP) is 2.22. The van der Waals surface area contributed by atoms with E-state index in [1.54, 1.807) is 11.3 Å². The number of thiophene rings is 1. The summed E-state index contributed by atoms with van der Waals surface area (Å²) in [4.78, 5) is 16.1. The van der Waals surface area contributed by atoms with E-state index in [-0.39, 0.29) is 11.8 Å². The molecule has 1 aliphatic heterocycles. The molecule has 3 rings (SSSR count). The van der Waals surface area contributed by atoms with Crippen LogP contribution < -0.4 is 10.6 Å². The number of anilines is 1. The number of hydrogen-bond donors (Lipinski definition) is 2. The summed E-state index contributed by atoms with van der Waals surface area (Å²) in [5, 5.41) is 16.7. The minimum atomic E-state index is 0.0669. The molecule has 2 heterocycles. The number of likely N-dealkylation sites (tertiary alicyclic amines) is 1. The first-order valence-electron chi connectivity index (χ1n) is 8.79. The van der Waals surface area contributed by atoms with Gasteiger partial charge in [-0.25, -0.2) is 0 Å². The molecule has 0 radical (unpaired) electrons. The lowest BCUT2D eigenvalue weighted by molar-refractivity contribution is -0.128. The number of carbonyl (C=O) groups excluding carboxylic acids is 1. The fourth-order valence-corrected chi connectivity index (χ4v) is 5.39. The largest absolute Gasteiger partial charge is 0.379 e. The minimum Gasteiger partial charge on any atom is -0.379 e. The van der Waals surface area contributed by atoms with E-state index in [4.69, 9.17) is 0 Å². The van der Waals surface area contributed by atoms with Crippen molar-refractivity contribution in [3.8, 4) is 6.07 Å². The molecule has 0 aromatic carbocycles. The van der Waals surface area contributed by atoms with Crippen LogP contribution in [0.3, 0.4) is 0 Å². The number of nitrogens with zero attached hydrogens (tertiary/aromatic N) is 2. The molecule has 130 valence electrons. The summed E-state index contributed by atoms with van der Waals surface area (Å²) < 4.78 is 0. The Morgan fingerprint density at radius 2 is 2.25 bits per heavy atom. The molecule has 1 aromatic rings. The smallest absolute Gasteiger partial charge is 0.224 e. The first-order valence-corrected chi connectivity index (χ1v) is 9.61. The fourth-order valence-electron chi connectivity index (χ4n) is 4.20. The van der Waals surface area contributed by atoms with Gasteiger partial charge in [-0.1, -0.05) is 6.92 Å². The van der Waals surface area contributed by atoms with Gasteiger partial charge in [0.1, 0.15) is 11.1 Å². The van der Waals surface area contributed by atoms with Crippen molar-refractivity contribution in [1.29, 1.82) is 5.26 Å². The quantitative estimate of drug-likeness (QED) is 0.877. The van der Waals surface area contributed by atoms with Crippen molar-refractivity contribution >= 4 is 22.2 Å². The van der Waals surface area contributed by atoms with Crippen molar-refractivity contribution < 1.29 is 4.79 Å². The van der Waals surface area contributed by atoms with Crippen LogP contribution in [0.4, 0.5) is 5.00 Å². The summed E-state index contributed by atoms with van der Waals surface area (Å²) in [5.41, 5.74) is 2.03. The van der Waals surface area contributed by atoms with Crippen molar-refractivity contribution in [1.82, 2.24) is 10.2 Å². The van der Waals surface area contributed by atoms with Gasteiger partial charge < -0.3 is 15.5 Å². The first-order chi connectivity index (χ1) is 11.6. The monoisotopic (exact) mass is 346 g/mol.